The number of thioether (sulfide) groups is 1. The van der Waals surface area contributed by atoms with Gasteiger partial charge in [-0.15, -0.1) is 0 Å². The van der Waals surface area contributed by atoms with E-state index in [1.54, 1.807) is 55.5 Å². The van der Waals surface area contributed by atoms with E-state index in [1.807, 2.05) is 30.3 Å². The van der Waals surface area contributed by atoms with Crippen LogP contribution in [0, 0.1) is 18.3 Å². The van der Waals surface area contributed by atoms with Crippen LogP contribution in [0.4, 0.5) is 11.4 Å². The lowest BCUT2D eigenvalue weighted by Crippen LogP contribution is -2.18. The van der Waals surface area contributed by atoms with Gasteiger partial charge < -0.3 is 10.6 Å². The van der Waals surface area contributed by atoms with E-state index in [1.165, 1.54) is 0 Å². The standard InChI is InChI=1S/C28H20BrClN4O2S/c1-17-25(27(36)34-21-5-3-2-4-6-21)26(18-7-11-20(30)12-8-18)23(15-31)28(32-17)37-16-24(35)33-22-13-9-19(29)10-14-22/h2-14H,16H2,1H3,(H,33,35)(H,34,36). The van der Waals surface area contributed by atoms with Crippen LogP contribution in [-0.4, -0.2) is 22.6 Å². The fraction of sp³-hybridized carbons (Fsp3) is 0.0714. The first-order valence-corrected chi connectivity index (χ1v) is 13.3. The Kier molecular flexibility index (Phi) is 8.62. The van der Waals surface area contributed by atoms with Crippen LogP contribution in [0.3, 0.4) is 0 Å². The Balaban J connectivity index is 1.70. The molecule has 4 rings (SSSR count). The van der Waals surface area contributed by atoms with Gasteiger partial charge in [-0.25, -0.2) is 4.98 Å². The van der Waals surface area contributed by atoms with Crippen LogP contribution in [0.15, 0.2) is 88.4 Å². The van der Waals surface area contributed by atoms with Crippen molar-refractivity contribution < 1.29 is 9.59 Å². The molecule has 0 aliphatic rings. The molecule has 2 N–H and O–H groups in total. The topological polar surface area (TPSA) is 94.9 Å². The average Bonchev–Trinajstić information content (AvgIpc) is 2.89. The number of pyridine rings is 1. The smallest absolute Gasteiger partial charge is 0.258 e. The van der Waals surface area contributed by atoms with Crippen LogP contribution >= 0.6 is 39.3 Å². The molecule has 37 heavy (non-hydrogen) atoms. The summed E-state index contributed by atoms with van der Waals surface area (Å²) in [5, 5.41) is 16.8. The maximum atomic E-state index is 13.4. The zero-order valence-corrected chi connectivity index (χ0v) is 22.7. The van der Waals surface area contributed by atoms with Crippen LogP contribution < -0.4 is 10.6 Å². The van der Waals surface area contributed by atoms with Gasteiger partial charge in [-0.3, -0.25) is 9.59 Å². The highest BCUT2D eigenvalue weighted by Gasteiger charge is 2.25. The highest BCUT2D eigenvalue weighted by Crippen LogP contribution is 2.36. The second kappa shape index (κ2) is 12.1. The summed E-state index contributed by atoms with van der Waals surface area (Å²) in [6.07, 6.45) is 0. The van der Waals surface area contributed by atoms with Crippen LogP contribution in [0.1, 0.15) is 21.6 Å². The van der Waals surface area contributed by atoms with Gasteiger partial charge in [0.05, 0.1) is 22.6 Å². The van der Waals surface area contributed by atoms with E-state index in [2.05, 4.69) is 37.6 Å². The molecule has 3 aromatic carbocycles. The number of aromatic nitrogens is 1. The normalized spacial score (nSPS) is 10.4. The first-order chi connectivity index (χ1) is 17.9. The number of amides is 2. The summed E-state index contributed by atoms with van der Waals surface area (Å²) in [6.45, 7) is 1.71. The van der Waals surface area contributed by atoms with Gasteiger partial charge in [-0.2, -0.15) is 5.26 Å². The Morgan fingerprint density at radius 2 is 1.62 bits per heavy atom. The maximum absolute atomic E-state index is 13.4. The predicted molar refractivity (Wildman–Crippen MR) is 152 cm³/mol. The number of nitrogens with zero attached hydrogens (tertiary/aromatic N) is 2. The van der Waals surface area contributed by atoms with Gasteiger partial charge in [0, 0.05) is 26.4 Å². The third-order valence-electron chi connectivity index (χ3n) is 5.32. The summed E-state index contributed by atoms with van der Waals surface area (Å²) in [5.74, 6) is -0.593. The summed E-state index contributed by atoms with van der Waals surface area (Å²) in [4.78, 5) is 30.6. The van der Waals surface area contributed by atoms with Gasteiger partial charge in [0.2, 0.25) is 5.91 Å². The maximum Gasteiger partial charge on any atom is 0.258 e. The third kappa shape index (κ3) is 6.57. The molecule has 0 saturated carbocycles. The van der Waals surface area contributed by atoms with Gasteiger partial charge in [-0.05, 0) is 61.0 Å². The molecule has 0 unspecified atom stereocenters. The highest BCUT2D eigenvalue weighted by atomic mass is 79.9. The van der Waals surface area contributed by atoms with E-state index in [4.69, 9.17) is 11.6 Å². The number of hydrogen-bond acceptors (Lipinski definition) is 5. The monoisotopic (exact) mass is 590 g/mol. The van der Waals surface area contributed by atoms with E-state index in [9.17, 15) is 14.9 Å². The minimum Gasteiger partial charge on any atom is -0.325 e. The largest absolute Gasteiger partial charge is 0.325 e. The highest BCUT2D eigenvalue weighted by molar-refractivity contribution is 9.10. The fourth-order valence-electron chi connectivity index (χ4n) is 3.65. The van der Waals surface area contributed by atoms with E-state index in [-0.39, 0.29) is 28.7 Å². The Morgan fingerprint density at radius 1 is 0.973 bits per heavy atom. The Hall–Kier alpha value is -3.64. The molecule has 0 bridgehead atoms. The minimum absolute atomic E-state index is 0.0345. The molecule has 9 heteroatoms. The summed E-state index contributed by atoms with van der Waals surface area (Å²) >= 11 is 10.6. The lowest BCUT2D eigenvalue weighted by atomic mass is 9.94. The van der Waals surface area contributed by atoms with Crippen molar-refractivity contribution in [2.45, 2.75) is 11.9 Å². The quantitative estimate of drug-likeness (QED) is 0.220. The fourth-order valence-corrected chi connectivity index (χ4v) is 4.87. The number of nitrogens with one attached hydrogen (secondary N) is 2. The van der Waals surface area contributed by atoms with Gasteiger partial charge in [0.15, 0.2) is 0 Å². The number of aryl methyl sites for hydroxylation is 1. The average molecular weight is 592 g/mol. The van der Waals surface area contributed by atoms with E-state index in [0.29, 0.717) is 38.2 Å². The number of para-hydroxylation sites is 1. The SMILES string of the molecule is Cc1nc(SCC(=O)Nc2ccc(Br)cc2)c(C#N)c(-c2ccc(Cl)cc2)c1C(=O)Nc1ccccc1. The second-order valence-corrected chi connectivity index (χ2v) is 10.2. The summed E-state index contributed by atoms with van der Waals surface area (Å²) in [7, 11) is 0. The van der Waals surface area contributed by atoms with Crippen molar-refractivity contribution in [3.05, 3.63) is 105 Å². The number of carbonyl (C=O) groups is 2. The predicted octanol–water partition coefficient (Wildman–Crippen LogP) is 7.33. The number of halogens is 2. The van der Waals surface area contributed by atoms with Crippen molar-refractivity contribution in [3.8, 4) is 17.2 Å². The Bertz CT molecular complexity index is 1490. The molecule has 0 fully saturated rings. The van der Waals surface area contributed by atoms with Crippen LogP contribution in [0.25, 0.3) is 11.1 Å². The summed E-state index contributed by atoms with van der Waals surface area (Å²) in [6, 6.07) is 25.4. The molecule has 1 heterocycles. The van der Waals surface area contributed by atoms with Crippen LogP contribution in [-0.2, 0) is 4.79 Å². The molecule has 1 aromatic heterocycles. The number of carbonyl (C=O) groups excluding carboxylic acids is 2. The summed E-state index contributed by atoms with van der Waals surface area (Å²) < 4.78 is 0.907. The third-order valence-corrected chi connectivity index (χ3v) is 7.07. The number of nitriles is 1. The van der Waals surface area contributed by atoms with Crippen molar-refractivity contribution in [2.24, 2.45) is 0 Å². The second-order valence-electron chi connectivity index (χ2n) is 7.91. The van der Waals surface area contributed by atoms with Crippen molar-refractivity contribution in [3.63, 3.8) is 0 Å². The number of hydrogen-bond donors (Lipinski definition) is 2. The molecule has 6 nitrogen and oxygen atoms in total. The van der Waals surface area contributed by atoms with Crippen LogP contribution in [0.5, 0.6) is 0 Å². The molecule has 0 saturated heterocycles. The molecular weight excluding hydrogens is 572 g/mol. The zero-order valence-electron chi connectivity index (χ0n) is 19.6. The van der Waals surface area contributed by atoms with Crippen LogP contribution in [0.2, 0.25) is 5.02 Å². The van der Waals surface area contributed by atoms with Gasteiger partial charge >= 0.3 is 0 Å². The molecule has 184 valence electrons. The molecule has 4 aromatic rings. The molecule has 0 spiro atoms. The molecule has 0 aliphatic carbocycles. The number of benzene rings is 3. The molecule has 2 amide bonds. The van der Waals surface area contributed by atoms with Gasteiger partial charge in [-0.1, -0.05) is 69.6 Å². The van der Waals surface area contributed by atoms with E-state index >= 15 is 0 Å². The van der Waals surface area contributed by atoms with E-state index < -0.39 is 0 Å². The van der Waals surface area contributed by atoms with Crippen molar-refractivity contribution in [2.75, 3.05) is 16.4 Å². The lowest BCUT2D eigenvalue weighted by Gasteiger charge is -2.17. The van der Waals surface area contributed by atoms with Crippen molar-refractivity contribution in [1.29, 1.82) is 5.26 Å². The lowest BCUT2D eigenvalue weighted by molar-refractivity contribution is -0.113. The van der Waals surface area contributed by atoms with Crippen molar-refractivity contribution in [1.82, 2.24) is 4.98 Å². The van der Waals surface area contributed by atoms with Gasteiger partial charge in [0.25, 0.3) is 5.91 Å². The number of rotatable bonds is 7. The molecule has 0 atom stereocenters. The minimum atomic E-state index is -0.387. The Labute approximate surface area is 232 Å². The molecular formula is C28H20BrClN4O2S. The number of anilines is 2. The van der Waals surface area contributed by atoms with E-state index in [0.717, 1.165) is 16.2 Å². The first kappa shape index (κ1) is 26.4. The Morgan fingerprint density at radius 3 is 2.27 bits per heavy atom. The zero-order chi connectivity index (χ0) is 26.4. The molecule has 0 aliphatic heterocycles. The molecule has 0 radical (unpaired) electrons. The summed E-state index contributed by atoms with van der Waals surface area (Å²) in [5.41, 5.74) is 3.30. The van der Waals surface area contributed by atoms with Gasteiger partial charge in [0.1, 0.15) is 11.1 Å². The first-order valence-electron chi connectivity index (χ1n) is 11.1. The van der Waals surface area contributed by atoms with Crippen molar-refractivity contribution >= 4 is 62.5 Å².